The van der Waals surface area contributed by atoms with Crippen LogP contribution < -0.4 is 15.5 Å². The fraction of sp³-hybridized carbons (Fsp3) is 0.286. The lowest BCUT2D eigenvalue weighted by Gasteiger charge is -2.17. The Hall–Kier alpha value is -2.80. The van der Waals surface area contributed by atoms with Crippen LogP contribution in [0.2, 0.25) is 0 Å². The summed E-state index contributed by atoms with van der Waals surface area (Å²) in [6.07, 6.45) is 1.44. The molecule has 28 heavy (non-hydrogen) atoms. The maximum Gasteiger partial charge on any atom is 0.237 e. The Balaban J connectivity index is 1.59. The van der Waals surface area contributed by atoms with Gasteiger partial charge in [-0.3, -0.25) is 14.4 Å². The van der Waals surface area contributed by atoms with Crippen molar-refractivity contribution >= 4 is 46.5 Å². The number of anilines is 3. The van der Waals surface area contributed by atoms with Crippen LogP contribution in [0.1, 0.15) is 26.7 Å². The molecule has 146 valence electrons. The molecule has 7 heteroatoms. The van der Waals surface area contributed by atoms with Gasteiger partial charge in [0.1, 0.15) is 0 Å². The third-order valence-corrected chi connectivity index (χ3v) is 5.47. The quantitative estimate of drug-likeness (QED) is 0.725. The molecule has 1 aliphatic heterocycles. The summed E-state index contributed by atoms with van der Waals surface area (Å²) in [4.78, 5) is 38.2. The van der Waals surface area contributed by atoms with Gasteiger partial charge in [0.2, 0.25) is 17.7 Å². The van der Waals surface area contributed by atoms with E-state index < -0.39 is 0 Å². The first-order valence-electron chi connectivity index (χ1n) is 9.18. The van der Waals surface area contributed by atoms with Gasteiger partial charge >= 0.3 is 0 Å². The summed E-state index contributed by atoms with van der Waals surface area (Å²) in [5.74, 6) is -0.109. The van der Waals surface area contributed by atoms with Crippen molar-refractivity contribution in [2.24, 2.45) is 0 Å². The molecule has 1 fully saturated rings. The Labute approximate surface area is 168 Å². The van der Waals surface area contributed by atoms with E-state index in [0.29, 0.717) is 12.1 Å². The summed E-state index contributed by atoms with van der Waals surface area (Å²) >= 11 is 1.44. The average Bonchev–Trinajstić information content (AvgIpc) is 3.09. The number of rotatable bonds is 6. The first kappa shape index (κ1) is 19.9. The zero-order chi connectivity index (χ0) is 20.1. The fourth-order valence-corrected chi connectivity index (χ4v) is 3.86. The molecule has 0 aromatic heterocycles. The lowest BCUT2D eigenvalue weighted by molar-refractivity contribution is -0.117. The highest BCUT2D eigenvalue weighted by molar-refractivity contribution is 8.00. The molecule has 1 unspecified atom stereocenters. The highest BCUT2D eigenvalue weighted by Gasteiger charge is 2.22. The third-order valence-electron chi connectivity index (χ3n) is 4.36. The third kappa shape index (κ3) is 5.13. The van der Waals surface area contributed by atoms with Gasteiger partial charge in [-0.15, -0.1) is 11.8 Å². The number of amides is 3. The van der Waals surface area contributed by atoms with Crippen molar-refractivity contribution in [3.63, 3.8) is 0 Å². The Morgan fingerprint density at radius 1 is 1.07 bits per heavy atom. The van der Waals surface area contributed by atoms with Crippen LogP contribution in [0.15, 0.2) is 53.4 Å². The minimum Gasteiger partial charge on any atom is -0.326 e. The van der Waals surface area contributed by atoms with Crippen molar-refractivity contribution in [2.75, 3.05) is 22.1 Å². The van der Waals surface area contributed by atoms with Gasteiger partial charge in [-0.2, -0.15) is 0 Å². The van der Waals surface area contributed by atoms with Crippen molar-refractivity contribution in [3.8, 4) is 0 Å². The molecule has 0 saturated carbocycles. The second-order valence-corrected chi connectivity index (χ2v) is 8.07. The van der Waals surface area contributed by atoms with Crippen LogP contribution in [0, 0.1) is 0 Å². The number of nitrogens with zero attached hydrogens (tertiary/aromatic N) is 1. The van der Waals surface area contributed by atoms with Crippen LogP contribution in [-0.4, -0.2) is 29.5 Å². The van der Waals surface area contributed by atoms with E-state index in [0.717, 1.165) is 29.2 Å². The molecule has 0 bridgehead atoms. The highest BCUT2D eigenvalue weighted by atomic mass is 32.2. The Morgan fingerprint density at radius 3 is 2.46 bits per heavy atom. The first-order chi connectivity index (χ1) is 13.4. The van der Waals surface area contributed by atoms with Crippen molar-refractivity contribution < 1.29 is 14.4 Å². The van der Waals surface area contributed by atoms with E-state index in [9.17, 15) is 14.4 Å². The van der Waals surface area contributed by atoms with Crippen molar-refractivity contribution in [1.29, 1.82) is 0 Å². The molecular weight excluding hydrogens is 374 g/mol. The van der Waals surface area contributed by atoms with Crippen LogP contribution in [0.5, 0.6) is 0 Å². The van der Waals surface area contributed by atoms with Crippen molar-refractivity contribution in [2.45, 2.75) is 36.8 Å². The number of thioether (sulfide) groups is 1. The van der Waals surface area contributed by atoms with E-state index in [4.69, 9.17) is 0 Å². The standard InChI is InChI=1S/C21H23N3O3S/c1-14(28-19-10-8-16(9-11-19)22-15(2)25)21(27)23-17-5-3-6-18(13-17)24-12-4-7-20(24)26/h3,5-6,8-11,13-14H,4,7,12H2,1-2H3,(H,22,25)(H,23,27). The molecule has 2 aromatic carbocycles. The second-order valence-electron chi connectivity index (χ2n) is 6.65. The Bertz CT molecular complexity index is 883. The van der Waals surface area contributed by atoms with Crippen LogP contribution in [0.3, 0.4) is 0 Å². The van der Waals surface area contributed by atoms with Crippen LogP contribution in [-0.2, 0) is 14.4 Å². The molecule has 1 atom stereocenters. The SMILES string of the molecule is CC(=O)Nc1ccc(SC(C)C(=O)Nc2cccc(N3CCCC3=O)c2)cc1. The number of hydrogen-bond acceptors (Lipinski definition) is 4. The molecule has 3 amide bonds. The molecule has 2 aromatic rings. The fourth-order valence-electron chi connectivity index (χ4n) is 2.99. The van der Waals surface area contributed by atoms with Crippen LogP contribution >= 0.6 is 11.8 Å². The number of benzene rings is 2. The molecule has 0 aliphatic carbocycles. The van der Waals surface area contributed by atoms with Crippen LogP contribution in [0.4, 0.5) is 17.1 Å². The maximum atomic E-state index is 12.6. The predicted molar refractivity (Wildman–Crippen MR) is 113 cm³/mol. The summed E-state index contributed by atoms with van der Waals surface area (Å²) in [5, 5.41) is 5.34. The van der Waals surface area contributed by atoms with Gasteiger partial charge in [0.25, 0.3) is 0 Å². The van der Waals surface area contributed by atoms with Gasteiger partial charge in [-0.05, 0) is 55.8 Å². The summed E-state index contributed by atoms with van der Waals surface area (Å²) in [6, 6.07) is 14.7. The zero-order valence-electron chi connectivity index (χ0n) is 15.9. The summed E-state index contributed by atoms with van der Waals surface area (Å²) in [6.45, 7) is 4.02. The second kappa shape index (κ2) is 8.93. The first-order valence-corrected chi connectivity index (χ1v) is 10.1. The Morgan fingerprint density at radius 2 is 1.82 bits per heavy atom. The van der Waals surface area contributed by atoms with E-state index in [1.165, 1.54) is 18.7 Å². The molecule has 1 saturated heterocycles. The topological polar surface area (TPSA) is 78.5 Å². The average molecular weight is 398 g/mol. The summed E-state index contributed by atoms with van der Waals surface area (Å²) in [5.41, 5.74) is 2.21. The number of nitrogens with one attached hydrogen (secondary N) is 2. The predicted octanol–water partition coefficient (Wildman–Crippen LogP) is 3.89. The maximum absolute atomic E-state index is 12.6. The van der Waals surface area contributed by atoms with Crippen molar-refractivity contribution in [1.82, 2.24) is 0 Å². The molecule has 6 nitrogen and oxygen atoms in total. The van der Waals surface area contributed by atoms with Crippen molar-refractivity contribution in [3.05, 3.63) is 48.5 Å². The van der Waals surface area contributed by atoms with E-state index in [2.05, 4.69) is 10.6 Å². The van der Waals surface area contributed by atoms with E-state index in [-0.39, 0.29) is 23.0 Å². The van der Waals surface area contributed by atoms with E-state index in [1.54, 1.807) is 4.90 Å². The molecule has 3 rings (SSSR count). The molecule has 2 N–H and O–H groups in total. The lowest BCUT2D eigenvalue weighted by Crippen LogP contribution is -2.25. The Kier molecular flexibility index (Phi) is 6.36. The number of carbonyl (C=O) groups excluding carboxylic acids is 3. The minimum absolute atomic E-state index is 0.110. The number of hydrogen-bond donors (Lipinski definition) is 2. The smallest absolute Gasteiger partial charge is 0.237 e. The molecule has 0 radical (unpaired) electrons. The van der Waals surface area contributed by atoms with E-state index >= 15 is 0 Å². The van der Waals surface area contributed by atoms with E-state index in [1.807, 2.05) is 55.5 Å². The van der Waals surface area contributed by atoms with Gasteiger partial charge in [0, 0.05) is 41.8 Å². The minimum atomic E-state index is -0.302. The van der Waals surface area contributed by atoms with Gasteiger partial charge in [-0.25, -0.2) is 0 Å². The zero-order valence-corrected chi connectivity index (χ0v) is 16.7. The monoisotopic (exact) mass is 397 g/mol. The molecular formula is C21H23N3O3S. The van der Waals surface area contributed by atoms with Gasteiger partial charge in [0.15, 0.2) is 0 Å². The van der Waals surface area contributed by atoms with Crippen LogP contribution in [0.25, 0.3) is 0 Å². The summed E-state index contributed by atoms with van der Waals surface area (Å²) < 4.78 is 0. The number of carbonyl (C=O) groups is 3. The largest absolute Gasteiger partial charge is 0.326 e. The molecule has 1 aliphatic rings. The molecule has 1 heterocycles. The van der Waals surface area contributed by atoms with Gasteiger partial charge in [0.05, 0.1) is 5.25 Å². The van der Waals surface area contributed by atoms with Gasteiger partial charge < -0.3 is 15.5 Å². The highest BCUT2D eigenvalue weighted by Crippen LogP contribution is 2.27. The van der Waals surface area contributed by atoms with Gasteiger partial charge in [-0.1, -0.05) is 6.07 Å². The summed E-state index contributed by atoms with van der Waals surface area (Å²) in [7, 11) is 0. The molecule has 0 spiro atoms. The lowest BCUT2D eigenvalue weighted by atomic mass is 10.2. The normalized spacial score (nSPS) is 14.6.